The maximum Gasteiger partial charge on any atom is 0.273 e. The van der Waals surface area contributed by atoms with Crippen LogP contribution in [-0.4, -0.2) is 17.6 Å². The Labute approximate surface area is 121 Å². The number of carbonyl (C=O) groups excluding carboxylic acids is 1. The lowest BCUT2D eigenvalue weighted by molar-refractivity contribution is -0.115. The van der Waals surface area contributed by atoms with Crippen molar-refractivity contribution >= 4 is 40.9 Å². The van der Waals surface area contributed by atoms with E-state index in [2.05, 4.69) is 17.2 Å². The second kappa shape index (κ2) is 5.86. The fraction of sp³-hybridized carbons (Fsp3) is 0.0769. The number of thiocarbonyl (C=S) groups is 1. The Hall–Kier alpha value is -1.85. The predicted octanol–water partition coefficient (Wildman–Crippen LogP) is 2.25. The summed E-state index contributed by atoms with van der Waals surface area (Å²) in [6, 6.07) is 5.17. The molecule has 4 nitrogen and oxygen atoms in total. The third kappa shape index (κ3) is 3.33. The molecule has 1 aliphatic rings. The molecule has 1 aromatic carbocycles. The van der Waals surface area contributed by atoms with Crippen LogP contribution in [0.1, 0.15) is 5.56 Å². The molecular formula is C13H11ClN2O2S. The van der Waals surface area contributed by atoms with Crippen LogP contribution in [0.3, 0.4) is 0 Å². The molecule has 0 saturated carbocycles. The highest BCUT2D eigenvalue weighted by molar-refractivity contribution is 7.80. The summed E-state index contributed by atoms with van der Waals surface area (Å²) in [7, 11) is 0. The number of rotatable bonds is 4. The average Bonchev–Trinajstić information content (AvgIpc) is 2.67. The Balaban J connectivity index is 2.35. The molecule has 0 unspecified atom stereocenters. The quantitative estimate of drug-likeness (QED) is 0.508. The first-order valence-corrected chi connectivity index (χ1v) is 6.26. The topological polar surface area (TPSA) is 50.4 Å². The normalized spacial score (nSPS) is 16.2. The van der Waals surface area contributed by atoms with Crippen molar-refractivity contribution in [2.75, 3.05) is 6.61 Å². The number of carbonyl (C=O) groups is 1. The van der Waals surface area contributed by atoms with E-state index in [-0.39, 0.29) is 11.0 Å². The molecule has 1 saturated heterocycles. The maximum absolute atomic E-state index is 11.6. The van der Waals surface area contributed by atoms with Crippen LogP contribution in [0.5, 0.6) is 5.75 Å². The number of hydrogen-bond acceptors (Lipinski definition) is 3. The van der Waals surface area contributed by atoms with Gasteiger partial charge in [-0.2, -0.15) is 0 Å². The van der Waals surface area contributed by atoms with Gasteiger partial charge in [-0.1, -0.05) is 24.3 Å². The van der Waals surface area contributed by atoms with Gasteiger partial charge in [0.15, 0.2) is 5.11 Å². The summed E-state index contributed by atoms with van der Waals surface area (Å²) in [6.45, 7) is 3.96. The van der Waals surface area contributed by atoms with Crippen LogP contribution >= 0.6 is 23.8 Å². The van der Waals surface area contributed by atoms with Gasteiger partial charge in [0.2, 0.25) is 0 Å². The van der Waals surface area contributed by atoms with Gasteiger partial charge in [-0.05, 0) is 36.5 Å². The molecule has 0 spiro atoms. The second-order valence-corrected chi connectivity index (χ2v) is 4.59. The Morgan fingerprint density at radius 3 is 2.84 bits per heavy atom. The highest BCUT2D eigenvalue weighted by Crippen LogP contribution is 2.25. The first-order chi connectivity index (χ1) is 9.10. The minimum atomic E-state index is -0.278. The van der Waals surface area contributed by atoms with E-state index in [1.54, 1.807) is 30.4 Å². The van der Waals surface area contributed by atoms with E-state index in [0.29, 0.717) is 28.6 Å². The summed E-state index contributed by atoms with van der Waals surface area (Å²) in [5.41, 5.74) is 1.05. The van der Waals surface area contributed by atoms with Crippen molar-refractivity contribution in [1.82, 2.24) is 10.6 Å². The molecule has 0 atom stereocenters. The van der Waals surface area contributed by atoms with Gasteiger partial charge in [0.1, 0.15) is 18.1 Å². The summed E-state index contributed by atoms with van der Waals surface area (Å²) in [5, 5.41) is 6.09. The molecule has 0 bridgehead atoms. The van der Waals surface area contributed by atoms with Gasteiger partial charge in [0, 0.05) is 10.6 Å². The van der Waals surface area contributed by atoms with Crippen LogP contribution in [-0.2, 0) is 4.79 Å². The van der Waals surface area contributed by atoms with Crippen LogP contribution in [0.4, 0.5) is 0 Å². The molecule has 1 fully saturated rings. The molecule has 0 aliphatic carbocycles. The highest BCUT2D eigenvalue weighted by atomic mass is 35.5. The molecule has 19 heavy (non-hydrogen) atoms. The molecule has 2 rings (SSSR count). The van der Waals surface area contributed by atoms with Crippen molar-refractivity contribution in [1.29, 1.82) is 0 Å². The van der Waals surface area contributed by atoms with Crippen molar-refractivity contribution in [3.05, 3.63) is 47.1 Å². The number of amides is 1. The van der Waals surface area contributed by atoms with Crippen molar-refractivity contribution in [3.8, 4) is 5.75 Å². The number of nitrogens with one attached hydrogen (secondary N) is 2. The van der Waals surface area contributed by atoms with Crippen LogP contribution in [0.2, 0.25) is 5.02 Å². The van der Waals surface area contributed by atoms with Gasteiger partial charge in [-0.3, -0.25) is 10.1 Å². The van der Waals surface area contributed by atoms with E-state index in [0.717, 1.165) is 0 Å². The van der Waals surface area contributed by atoms with Gasteiger partial charge >= 0.3 is 0 Å². The van der Waals surface area contributed by atoms with E-state index in [1.165, 1.54) is 0 Å². The first kappa shape index (κ1) is 13.6. The lowest BCUT2D eigenvalue weighted by Gasteiger charge is -2.08. The molecule has 98 valence electrons. The molecule has 0 radical (unpaired) electrons. The monoisotopic (exact) mass is 294 g/mol. The summed E-state index contributed by atoms with van der Waals surface area (Å²) >= 11 is 10.8. The fourth-order valence-electron chi connectivity index (χ4n) is 1.55. The number of ether oxygens (including phenoxy) is 1. The second-order valence-electron chi connectivity index (χ2n) is 3.75. The molecule has 2 N–H and O–H groups in total. The van der Waals surface area contributed by atoms with Gasteiger partial charge in [0.25, 0.3) is 5.91 Å². The van der Waals surface area contributed by atoms with Crippen LogP contribution in [0, 0.1) is 0 Å². The smallest absolute Gasteiger partial charge is 0.273 e. The molecule has 1 aliphatic heterocycles. The minimum Gasteiger partial charge on any atom is -0.489 e. The molecule has 1 heterocycles. The summed E-state index contributed by atoms with van der Waals surface area (Å²) < 4.78 is 5.50. The van der Waals surface area contributed by atoms with E-state index in [1.807, 2.05) is 0 Å². The number of halogens is 1. The largest absolute Gasteiger partial charge is 0.489 e. The Kier molecular flexibility index (Phi) is 4.19. The molecule has 1 aromatic rings. The standard InChI is InChI=1S/C13H11ClN2O2S/c1-2-5-18-11-4-3-9(14)6-8(11)7-10-12(17)16-13(19)15-10/h2-4,6-7H,1,5H2,(H2,15,16,17,19)/b10-7-. The van der Waals surface area contributed by atoms with Crippen molar-refractivity contribution in [2.24, 2.45) is 0 Å². The Morgan fingerprint density at radius 1 is 1.42 bits per heavy atom. The van der Waals surface area contributed by atoms with Gasteiger partial charge in [-0.25, -0.2) is 0 Å². The van der Waals surface area contributed by atoms with E-state index >= 15 is 0 Å². The fourth-order valence-corrected chi connectivity index (χ4v) is 1.93. The Bertz CT molecular complexity index is 584. The lowest BCUT2D eigenvalue weighted by Crippen LogP contribution is -2.21. The lowest BCUT2D eigenvalue weighted by atomic mass is 10.1. The molecular weight excluding hydrogens is 284 g/mol. The summed E-state index contributed by atoms with van der Waals surface area (Å²) in [5.74, 6) is 0.337. The van der Waals surface area contributed by atoms with Crippen LogP contribution in [0.25, 0.3) is 6.08 Å². The van der Waals surface area contributed by atoms with E-state index in [9.17, 15) is 4.79 Å². The predicted molar refractivity (Wildman–Crippen MR) is 79.0 cm³/mol. The minimum absolute atomic E-state index is 0.278. The SMILES string of the molecule is C=CCOc1ccc(Cl)cc1/C=C1\NC(=S)NC1=O. The summed E-state index contributed by atoms with van der Waals surface area (Å²) in [4.78, 5) is 11.6. The molecule has 6 heteroatoms. The molecule has 1 amide bonds. The third-order valence-corrected chi connectivity index (χ3v) is 2.79. The highest BCUT2D eigenvalue weighted by Gasteiger charge is 2.20. The van der Waals surface area contributed by atoms with Crippen molar-refractivity contribution < 1.29 is 9.53 Å². The van der Waals surface area contributed by atoms with Gasteiger partial charge < -0.3 is 10.1 Å². The third-order valence-electron chi connectivity index (χ3n) is 2.35. The first-order valence-electron chi connectivity index (χ1n) is 5.47. The summed E-state index contributed by atoms with van der Waals surface area (Å²) in [6.07, 6.45) is 3.28. The van der Waals surface area contributed by atoms with Crippen LogP contribution < -0.4 is 15.4 Å². The van der Waals surface area contributed by atoms with Gasteiger partial charge in [-0.15, -0.1) is 0 Å². The van der Waals surface area contributed by atoms with Crippen molar-refractivity contribution in [2.45, 2.75) is 0 Å². The molecule has 0 aromatic heterocycles. The zero-order chi connectivity index (χ0) is 13.8. The van der Waals surface area contributed by atoms with E-state index in [4.69, 9.17) is 28.6 Å². The Morgan fingerprint density at radius 2 is 2.21 bits per heavy atom. The zero-order valence-corrected chi connectivity index (χ0v) is 11.5. The van der Waals surface area contributed by atoms with E-state index < -0.39 is 0 Å². The van der Waals surface area contributed by atoms with Gasteiger partial charge in [0.05, 0.1) is 0 Å². The average molecular weight is 295 g/mol. The van der Waals surface area contributed by atoms with Crippen LogP contribution in [0.15, 0.2) is 36.6 Å². The van der Waals surface area contributed by atoms with Crippen molar-refractivity contribution in [3.63, 3.8) is 0 Å². The number of benzene rings is 1. The maximum atomic E-state index is 11.6. The zero-order valence-electron chi connectivity index (χ0n) is 9.90. The number of hydrogen-bond donors (Lipinski definition) is 2.